The molecule has 2 amide bonds. The van der Waals surface area contributed by atoms with Gasteiger partial charge in [-0.3, -0.25) is 14.3 Å². The lowest BCUT2D eigenvalue weighted by Crippen LogP contribution is -2.45. The van der Waals surface area contributed by atoms with Crippen LogP contribution < -0.4 is 5.32 Å². The van der Waals surface area contributed by atoms with Gasteiger partial charge in [-0.25, -0.2) is 0 Å². The molecule has 0 saturated carbocycles. The maximum Gasteiger partial charge on any atom is 0.254 e. The largest absolute Gasteiger partial charge is 0.352 e. The topological polar surface area (TPSA) is 67.2 Å². The molecule has 25 heavy (non-hydrogen) atoms. The number of carbonyl (C=O) groups is 2. The van der Waals surface area contributed by atoms with E-state index in [0.717, 1.165) is 37.9 Å². The van der Waals surface area contributed by atoms with Gasteiger partial charge in [0.2, 0.25) is 5.91 Å². The molecule has 0 unspecified atom stereocenters. The summed E-state index contributed by atoms with van der Waals surface area (Å²) in [5.74, 6) is 0.0119. The van der Waals surface area contributed by atoms with E-state index in [0.29, 0.717) is 12.1 Å². The Bertz CT molecular complexity index is 710. The first kappa shape index (κ1) is 17.2. The molecule has 1 aromatic carbocycles. The Morgan fingerprint density at radius 2 is 2.04 bits per heavy atom. The highest BCUT2D eigenvalue weighted by Crippen LogP contribution is 2.21. The Hall–Kier alpha value is -2.63. The summed E-state index contributed by atoms with van der Waals surface area (Å²) >= 11 is 0. The van der Waals surface area contributed by atoms with Crippen molar-refractivity contribution in [3.8, 4) is 0 Å². The van der Waals surface area contributed by atoms with Crippen molar-refractivity contribution < 1.29 is 9.59 Å². The molecule has 1 aliphatic rings. The predicted molar refractivity (Wildman–Crippen MR) is 94.9 cm³/mol. The molecule has 1 fully saturated rings. The zero-order valence-corrected chi connectivity index (χ0v) is 14.5. The highest BCUT2D eigenvalue weighted by Gasteiger charge is 2.27. The van der Waals surface area contributed by atoms with E-state index < -0.39 is 0 Å². The molecule has 6 heteroatoms. The van der Waals surface area contributed by atoms with E-state index >= 15 is 0 Å². The molecular weight excluding hydrogens is 316 g/mol. The van der Waals surface area contributed by atoms with Crippen LogP contribution in [0.15, 0.2) is 42.7 Å². The normalized spacial score (nSPS) is 17.3. The summed E-state index contributed by atoms with van der Waals surface area (Å²) < 4.78 is 1.90. The van der Waals surface area contributed by atoms with E-state index in [1.54, 1.807) is 6.20 Å². The number of piperidine rings is 1. The van der Waals surface area contributed by atoms with Gasteiger partial charge >= 0.3 is 0 Å². The molecule has 2 heterocycles. The SMILES string of the molecule is CC(=O)NCc1ccc(C(=O)N2CCCC[C@H]2Cn2cccn2)cc1. The fourth-order valence-electron chi connectivity index (χ4n) is 3.24. The van der Waals surface area contributed by atoms with E-state index in [-0.39, 0.29) is 17.9 Å². The van der Waals surface area contributed by atoms with Gasteiger partial charge in [-0.05, 0) is 43.0 Å². The van der Waals surface area contributed by atoms with Crippen LogP contribution in [0, 0.1) is 0 Å². The minimum absolute atomic E-state index is 0.0602. The van der Waals surface area contributed by atoms with Crippen molar-refractivity contribution in [1.29, 1.82) is 0 Å². The Kier molecular flexibility index (Phi) is 5.48. The van der Waals surface area contributed by atoms with Crippen LogP contribution in [0.25, 0.3) is 0 Å². The number of nitrogens with zero attached hydrogens (tertiary/aromatic N) is 3. The number of rotatable bonds is 5. The molecule has 1 atom stereocenters. The highest BCUT2D eigenvalue weighted by atomic mass is 16.2. The molecule has 1 aromatic heterocycles. The lowest BCUT2D eigenvalue weighted by molar-refractivity contribution is -0.119. The number of benzene rings is 1. The zero-order chi connectivity index (χ0) is 17.6. The number of hydrogen-bond acceptors (Lipinski definition) is 3. The third-order valence-corrected chi connectivity index (χ3v) is 4.59. The summed E-state index contributed by atoms with van der Waals surface area (Å²) in [6, 6.07) is 9.58. The van der Waals surface area contributed by atoms with Crippen LogP contribution in [-0.2, 0) is 17.9 Å². The maximum absolute atomic E-state index is 12.9. The average molecular weight is 340 g/mol. The van der Waals surface area contributed by atoms with Crippen molar-refractivity contribution in [2.45, 2.75) is 45.3 Å². The number of aromatic nitrogens is 2. The minimum Gasteiger partial charge on any atom is -0.352 e. The molecule has 3 rings (SSSR count). The second kappa shape index (κ2) is 7.96. The first-order chi connectivity index (χ1) is 12.1. The Morgan fingerprint density at radius 1 is 1.24 bits per heavy atom. The van der Waals surface area contributed by atoms with Crippen LogP contribution in [-0.4, -0.2) is 39.1 Å². The van der Waals surface area contributed by atoms with Crippen molar-refractivity contribution >= 4 is 11.8 Å². The smallest absolute Gasteiger partial charge is 0.254 e. The maximum atomic E-state index is 12.9. The molecule has 0 spiro atoms. The molecule has 6 nitrogen and oxygen atoms in total. The van der Waals surface area contributed by atoms with Crippen LogP contribution in [0.1, 0.15) is 42.1 Å². The fraction of sp³-hybridized carbons (Fsp3) is 0.421. The van der Waals surface area contributed by atoms with Crippen molar-refractivity contribution in [3.05, 3.63) is 53.9 Å². The Balaban J connectivity index is 1.68. The molecule has 132 valence electrons. The van der Waals surface area contributed by atoms with Gasteiger partial charge in [0.25, 0.3) is 5.91 Å². The van der Waals surface area contributed by atoms with E-state index in [4.69, 9.17) is 0 Å². The van der Waals surface area contributed by atoms with Gasteiger partial charge < -0.3 is 10.2 Å². The third kappa shape index (κ3) is 4.47. The Morgan fingerprint density at radius 3 is 2.72 bits per heavy atom. The van der Waals surface area contributed by atoms with Crippen LogP contribution >= 0.6 is 0 Å². The Labute approximate surface area is 147 Å². The lowest BCUT2D eigenvalue weighted by atomic mass is 10.0. The number of amides is 2. The average Bonchev–Trinajstić information content (AvgIpc) is 3.13. The number of nitrogens with one attached hydrogen (secondary N) is 1. The van der Waals surface area contributed by atoms with Crippen LogP contribution in [0.5, 0.6) is 0 Å². The quantitative estimate of drug-likeness (QED) is 0.907. The zero-order valence-electron chi connectivity index (χ0n) is 14.5. The van der Waals surface area contributed by atoms with E-state index in [9.17, 15) is 9.59 Å². The molecule has 0 bridgehead atoms. The van der Waals surface area contributed by atoms with E-state index in [1.165, 1.54) is 6.92 Å². The summed E-state index contributed by atoms with van der Waals surface area (Å²) in [4.78, 5) is 25.9. The van der Waals surface area contributed by atoms with Gasteiger partial charge in [-0.15, -0.1) is 0 Å². The van der Waals surface area contributed by atoms with Gasteiger partial charge in [0.15, 0.2) is 0 Å². The van der Waals surface area contributed by atoms with Gasteiger partial charge in [-0.2, -0.15) is 5.10 Å². The standard InChI is InChI=1S/C19H24N4O2/c1-15(24)20-13-16-6-8-17(9-7-16)19(25)23-12-3-2-5-18(23)14-22-11-4-10-21-22/h4,6-11,18H,2-3,5,12-14H2,1H3,(H,20,24)/t18-/m0/s1. The van der Waals surface area contributed by atoms with Crippen molar-refractivity contribution in [2.24, 2.45) is 0 Å². The number of carbonyl (C=O) groups excluding carboxylic acids is 2. The molecule has 2 aromatic rings. The molecule has 1 aliphatic heterocycles. The van der Waals surface area contributed by atoms with Gasteiger partial charge in [-0.1, -0.05) is 12.1 Å². The summed E-state index contributed by atoms with van der Waals surface area (Å²) in [6.45, 7) is 3.50. The van der Waals surface area contributed by atoms with E-state index in [2.05, 4.69) is 10.4 Å². The van der Waals surface area contributed by atoms with Gasteiger partial charge in [0.1, 0.15) is 0 Å². The van der Waals surface area contributed by atoms with Crippen molar-refractivity contribution in [3.63, 3.8) is 0 Å². The second-order valence-electron chi connectivity index (χ2n) is 6.48. The third-order valence-electron chi connectivity index (χ3n) is 4.59. The molecular formula is C19H24N4O2. The van der Waals surface area contributed by atoms with Crippen LogP contribution in [0.4, 0.5) is 0 Å². The van der Waals surface area contributed by atoms with Gasteiger partial charge in [0.05, 0.1) is 12.6 Å². The van der Waals surface area contributed by atoms with Gasteiger partial charge in [0, 0.05) is 38.0 Å². The van der Waals surface area contributed by atoms with Crippen molar-refractivity contribution in [2.75, 3.05) is 6.54 Å². The number of hydrogen-bond donors (Lipinski definition) is 1. The second-order valence-corrected chi connectivity index (χ2v) is 6.48. The van der Waals surface area contributed by atoms with Crippen LogP contribution in [0.3, 0.4) is 0 Å². The van der Waals surface area contributed by atoms with Crippen LogP contribution in [0.2, 0.25) is 0 Å². The first-order valence-electron chi connectivity index (χ1n) is 8.75. The number of likely N-dealkylation sites (tertiary alicyclic amines) is 1. The predicted octanol–water partition coefficient (Wildman–Crippen LogP) is 2.21. The first-order valence-corrected chi connectivity index (χ1v) is 8.75. The fourth-order valence-corrected chi connectivity index (χ4v) is 3.24. The van der Waals surface area contributed by atoms with Crippen molar-refractivity contribution in [1.82, 2.24) is 20.0 Å². The summed E-state index contributed by atoms with van der Waals surface area (Å²) in [5.41, 5.74) is 1.68. The molecule has 1 N–H and O–H groups in total. The van der Waals surface area contributed by atoms with E-state index in [1.807, 2.05) is 46.1 Å². The highest BCUT2D eigenvalue weighted by molar-refractivity contribution is 5.94. The summed E-state index contributed by atoms with van der Waals surface area (Å²) in [7, 11) is 0. The molecule has 0 aliphatic carbocycles. The monoisotopic (exact) mass is 340 g/mol. The summed E-state index contributed by atoms with van der Waals surface area (Å²) in [6.07, 6.45) is 6.90. The summed E-state index contributed by atoms with van der Waals surface area (Å²) in [5, 5.41) is 7.03. The molecule has 0 radical (unpaired) electrons. The lowest BCUT2D eigenvalue weighted by Gasteiger charge is -2.35. The minimum atomic E-state index is -0.0602. The molecule has 1 saturated heterocycles.